The number of aliphatic hydroxyl groups excluding tert-OH is 1. The summed E-state index contributed by atoms with van der Waals surface area (Å²) in [7, 11) is 0. The molecule has 0 atom stereocenters. The number of aliphatic hydroxyl groups is 1. The molecule has 2 N–H and O–H groups in total. The van der Waals surface area contributed by atoms with Crippen molar-refractivity contribution in [3.8, 4) is 0 Å². The van der Waals surface area contributed by atoms with Gasteiger partial charge in [-0.25, -0.2) is 9.98 Å². The first kappa shape index (κ1) is 20.3. The normalized spacial score (nSPS) is 20.1. The summed E-state index contributed by atoms with van der Waals surface area (Å²) in [6.45, 7) is 4.05. The number of carbonyl (C=O) groups is 1. The maximum Gasteiger partial charge on any atom is 0.403 e. The summed E-state index contributed by atoms with van der Waals surface area (Å²) in [5.41, 5.74) is -1.51. The van der Waals surface area contributed by atoms with Crippen LogP contribution in [0.3, 0.4) is 0 Å². The monoisotopic (exact) mass is 400 g/mol. The topological polar surface area (TPSA) is 95.1 Å². The van der Waals surface area contributed by atoms with Gasteiger partial charge in [0.25, 0.3) is 0 Å². The molecule has 0 radical (unpaired) electrons. The summed E-state index contributed by atoms with van der Waals surface area (Å²) in [6.07, 6.45) is -0.294. The summed E-state index contributed by atoms with van der Waals surface area (Å²) < 4.78 is 41.2. The lowest BCUT2D eigenvalue weighted by Gasteiger charge is -2.35. The fourth-order valence-corrected chi connectivity index (χ4v) is 3.40. The van der Waals surface area contributed by atoms with Gasteiger partial charge in [-0.15, -0.1) is 0 Å². The van der Waals surface area contributed by atoms with E-state index in [1.165, 1.54) is 4.90 Å². The predicted molar refractivity (Wildman–Crippen MR) is 97.4 cm³/mol. The van der Waals surface area contributed by atoms with Crippen LogP contribution in [0, 0.1) is 5.41 Å². The quantitative estimate of drug-likeness (QED) is 0.583. The van der Waals surface area contributed by atoms with Gasteiger partial charge in [0.2, 0.25) is 11.9 Å². The molecule has 0 spiro atoms. The first-order chi connectivity index (χ1) is 13.3. The molecule has 3 rings (SSSR count). The lowest BCUT2D eigenvalue weighted by molar-refractivity contribution is -0.199. The number of anilines is 1. The highest BCUT2D eigenvalue weighted by Crippen LogP contribution is 2.58. The Balaban J connectivity index is 1.57. The fraction of sp³-hybridized carbons (Fsp3) is 0.647. The number of hydrogen-bond donors (Lipinski definition) is 2. The largest absolute Gasteiger partial charge is 0.403 e. The SMILES string of the molecule is C=NC(=NCCO)Nc1cnn(C2CCN(C(=O)C3(C(F)(F)F)CC3)CC2)c1. The van der Waals surface area contributed by atoms with E-state index in [2.05, 4.69) is 27.1 Å². The molecule has 1 aliphatic carbocycles. The van der Waals surface area contributed by atoms with Crippen LogP contribution >= 0.6 is 0 Å². The van der Waals surface area contributed by atoms with E-state index in [9.17, 15) is 18.0 Å². The van der Waals surface area contributed by atoms with E-state index < -0.39 is 17.5 Å². The summed E-state index contributed by atoms with van der Waals surface area (Å²) in [4.78, 5) is 21.4. The number of rotatable bonds is 5. The van der Waals surface area contributed by atoms with Crippen molar-refractivity contribution < 1.29 is 23.1 Å². The molecule has 0 bridgehead atoms. The highest BCUT2D eigenvalue weighted by atomic mass is 19.4. The van der Waals surface area contributed by atoms with Crippen molar-refractivity contribution in [3.05, 3.63) is 12.4 Å². The van der Waals surface area contributed by atoms with Gasteiger partial charge in [-0.05, 0) is 32.4 Å². The van der Waals surface area contributed by atoms with E-state index in [0.717, 1.165) is 0 Å². The van der Waals surface area contributed by atoms with E-state index in [1.54, 1.807) is 17.1 Å². The third-order valence-corrected chi connectivity index (χ3v) is 5.20. The number of guanidine groups is 1. The molecule has 1 amide bonds. The van der Waals surface area contributed by atoms with Crippen molar-refractivity contribution in [2.24, 2.45) is 15.4 Å². The van der Waals surface area contributed by atoms with E-state index in [-0.39, 0.29) is 51.1 Å². The molecule has 2 aliphatic rings. The fourth-order valence-electron chi connectivity index (χ4n) is 3.40. The smallest absolute Gasteiger partial charge is 0.394 e. The Morgan fingerprint density at radius 2 is 2.07 bits per heavy atom. The van der Waals surface area contributed by atoms with Crippen LogP contribution in [0.15, 0.2) is 22.4 Å². The molecule has 2 fully saturated rings. The highest BCUT2D eigenvalue weighted by molar-refractivity contribution is 5.96. The molecule has 1 aromatic heterocycles. The van der Waals surface area contributed by atoms with Crippen LogP contribution in [-0.4, -0.2) is 70.8 Å². The molecule has 1 aliphatic heterocycles. The standard InChI is InChI=1S/C17H23F3N6O2/c1-21-15(22-6-9-27)24-12-10-23-26(11-12)13-2-7-25(8-3-13)14(28)16(4-5-16)17(18,19)20/h10-11,13,27H,1-9H2,(H,22,24). The minimum absolute atomic E-state index is 0.00448. The number of likely N-dealkylation sites (tertiary alicyclic amines) is 1. The first-order valence-corrected chi connectivity index (χ1v) is 9.10. The second-order valence-electron chi connectivity index (χ2n) is 7.02. The minimum atomic E-state index is -4.47. The predicted octanol–water partition coefficient (Wildman–Crippen LogP) is 1.85. The number of aromatic nitrogens is 2. The van der Waals surface area contributed by atoms with Crippen molar-refractivity contribution in [2.75, 3.05) is 31.6 Å². The Morgan fingerprint density at radius 3 is 2.61 bits per heavy atom. The molecule has 2 heterocycles. The maximum absolute atomic E-state index is 13.2. The van der Waals surface area contributed by atoms with Crippen molar-refractivity contribution in [3.63, 3.8) is 0 Å². The Morgan fingerprint density at radius 1 is 1.39 bits per heavy atom. The molecule has 1 aromatic rings. The van der Waals surface area contributed by atoms with Crippen molar-refractivity contribution >= 4 is 24.3 Å². The molecule has 28 heavy (non-hydrogen) atoms. The second kappa shape index (κ2) is 7.90. The minimum Gasteiger partial charge on any atom is -0.394 e. The van der Waals surface area contributed by atoms with Crippen LogP contribution < -0.4 is 5.32 Å². The Labute approximate surface area is 160 Å². The van der Waals surface area contributed by atoms with Gasteiger partial charge in [0.1, 0.15) is 5.41 Å². The van der Waals surface area contributed by atoms with E-state index >= 15 is 0 Å². The highest BCUT2D eigenvalue weighted by Gasteiger charge is 2.69. The van der Waals surface area contributed by atoms with Crippen LogP contribution in [0.2, 0.25) is 0 Å². The van der Waals surface area contributed by atoms with Crippen LogP contribution in [0.5, 0.6) is 0 Å². The van der Waals surface area contributed by atoms with Gasteiger partial charge in [-0.1, -0.05) is 0 Å². The zero-order valence-corrected chi connectivity index (χ0v) is 15.3. The number of halogens is 3. The van der Waals surface area contributed by atoms with Gasteiger partial charge < -0.3 is 15.3 Å². The third-order valence-electron chi connectivity index (χ3n) is 5.20. The van der Waals surface area contributed by atoms with Crippen molar-refractivity contribution in [1.82, 2.24) is 14.7 Å². The number of nitrogens with one attached hydrogen (secondary N) is 1. The lowest BCUT2D eigenvalue weighted by atomic mass is 10.00. The average Bonchev–Trinajstić information content (AvgIpc) is 3.38. The Kier molecular flexibility index (Phi) is 5.73. The lowest BCUT2D eigenvalue weighted by Crippen LogP contribution is -2.47. The van der Waals surface area contributed by atoms with Crippen molar-refractivity contribution in [1.29, 1.82) is 0 Å². The summed E-state index contributed by atoms with van der Waals surface area (Å²) in [5.74, 6) is -0.529. The van der Waals surface area contributed by atoms with Crippen LogP contribution in [0.25, 0.3) is 0 Å². The zero-order chi connectivity index (χ0) is 20.4. The van der Waals surface area contributed by atoms with Crippen LogP contribution in [-0.2, 0) is 4.79 Å². The number of aliphatic imine (C=N–C) groups is 2. The molecule has 0 unspecified atom stereocenters. The molecule has 1 saturated carbocycles. The number of amides is 1. The van der Waals surface area contributed by atoms with Gasteiger partial charge in [-0.2, -0.15) is 18.3 Å². The second-order valence-corrected chi connectivity index (χ2v) is 7.02. The number of alkyl halides is 3. The van der Waals surface area contributed by atoms with E-state index in [0.29, 0.717) is 18.5 Å². The van der Waals surface area contributed by atoms with Gasteiger partial charge in [-0.3, -0.25) is 9.48 Å². The molecule has 0 aromatic carbocycles. The molecule has 154 valence electrons. The maximum atomic E-state index is 13.2. The molecule has 1 saturated heterocycles. The molecule has 11 heteroatoms. The van der Waals surface area contributed by atoms with Gasteiger partial charge in [0.05, 0.1) is 31.1 Å². The van der Waals surface area contributed by atoms with E-state index in [1.807, 2.05) is 0 Å². The van der Waals surface area contributed by atoms with Crippen molar-refractivity contribution in [2.45, 2.75) is 37.9 Å². The van der Waals surface area contributed by atoms with Gasteiger partial charge in [0, 0.05) is 19.3 Å². The zero-order valence-electron chi connectivity index (χ0n) is 15.3. The molecular weight excluding hydrogens is 377 g/mol. The van der Waals surface area contributed by atoms with E-state index in [4.69, 9.17) is 5.11 Å². The number of hydrogen-bond acceptors (Lipinski definition) is 4. The molecular formula is C17H23F3N6O2. The van der Waals surface area contributed by atoms with Gasteiger partial charge in [0.15, 0.2) is 0 Å². The number of nitrogens with zero attached hydrogens (tertiary/aromatic N) is 5. The third kappa shape index (κ3) is 4.03. The Hall–Kier alpha value is -2.43. The Bertz CT molecular complexity index is 748. The average molecular weight is 400 g/mol. The summed E-state index contributed by atoms with van der Waals surface area (Å²) in [6, 6.07) is -0.00448. The van der Waals surface area contributed by atoms with Gasteiger partial charge >= 0.3 is 6.18 Å². The number of piperidine rings is 1. The van der Waals surface area contributed by atoms with Crippen LogP contribution in [0.1, 0.15) is 31.7 Å². The summed E-state index contributed by atoms with van der Waals surface area (Å²) in [5, 5.41) is 16.0. The number of carbonyl (C=O) groups excluding carboxylic acids is 1. The first-order valence-electron chi connectivity index (χ1n) is 9.10. The molecule has 8 nitrogen and oxygen atoms in total. The summed E-state index contributed by atoms with van der Waals surface area (Å²) >= 11 is 0. The van der Waals surface area contributed by atoms with Crippen LogP contribution in [0.4, 0.5) is 18.9 Å².